The van der Waals surface area contributed by atoms with Crippen LogP contribution in [-0.2, 0) is 13.6 Å². The van der Waals surface area contributed by atoms with E-state index in [2.05, 4.69) is 10.1 Å². The van der Waals surface area contributed by atoms with Crippen LogP contribution in [0, 0.1) is 6.92 Å². The van der Waals surface area contributed by atoms with Crippen LogP contribution in [0.5, 0.6) is 0 Å². The first kappa shape index (κ1) is 18.7. The number of rotatable bonds is 5. The standard InChI is InChI=1S/C18H17F3N4O2/c1-12-8-14(24(2)23-12)9-25(10-18(19,20)21)17(26)15-16(27-11-22-15)13-6-4-3-5-7-13/h3-8,11H,9-10H2,1-2H3. The Morgan fingerprint density at radius 3 is 2.56 bits per heavy atom. The van der Waals surface area contributed by atoms with E-state index in [4.69, 9.17) is 4.42 Å². The number of carbonyl (C=O) groups excluding carboxylic acids is 1. The number of amides is 1. The zero-order chi connectivity index (χ0) is 19.6. The number of hydrogen-bond donors (Lipinski definition) is 0. The Morgan fingerprint density at radius 1 is 1.26 bits per heavy atom. The third-order valence-electron chi connectivity index (χ3n) is 3.92. The number of hydrogen-bond acceptors (Lipinski definition) is 4. The molecule has 3 rings (SSSR count). The maximum Gasteiger partial charge on any atom is 0.406 e. The van der Waals surface area contributed by atoms with Gasteiger partial charge in [-0.05, 0) is 13.0 Å². The summed E-state index contributed by atoms with van der Waals surface area (Å²) in [6.45, 7) is 0.0679. The van der Waals surface area contributed by atoms with Gasteiger partial charge < -0.3 is 9.32 Å². The van der Waals surface area contributed by atoms with Gasteiger partial charge in [0.25, 0.3) is 5.91 Å². The molecule has 0 saturated carbocycles. The van der Waals surface area contributed by atoms with Crippen molar-refractivity contribution in [1.29, 1.82) is 0 Å². The average Bonchev–Trinajstić information content (AvgIpc) is 3.20. The summed E-state index contributed by atoms with van der Waals surface area (Å²) in [5.41, 5.74) is 1.53. The topological polar surface area (TPSA) is 64.2 Å². The number of alkyl halides is 3. The maximum atomic E-state index is 13.1. The minimum atomic E-state index is -4.56. The second-order valence-electron chi connectivity index (χ2n) is 6.07. The van der Waals surface area contributed by atoms with Crippen molar-refractivity contribution in [3.8, 4) is 11.3 Å². The molecule has 142 valence electrons. The number of benzene rings is 1. The second-order valence-corrected chi connectivity index (χ2v) is 6.07. The first-order valence-electron chi connectivity index (χ1n) is 8.09. The highest BCUT2D eigenvalue weighted by molar-refractivity contribution is 5.97. The summed E-state index contributed by atoms with van der Waals surface area (Å²) < 4.78 is 46.0. The van der Waals surface area contributed by atoms with Crippen molar-refractivity contribution in [2.24, 2.45) is 7.05 Å². The highest BCUT2D eigenvalue weighted by Crippen LogP contribution is 2.26. The van der Waals surface area contributed by atoms with Gasteiger partial charge in [-0.25, -0.2) is 4.98 Å². The van der Waals surface area contributed by atoms with Crippen LogP contribution in [0.2, 0.25) is 0 Å². The molecule has 0 spiro atoms. The van der Waals surface area contributed by atoms with Gasteiger partial charge >= 0.3 is 6.18 Å². The fourth-order valence-corrected chi connectivity index (χ4v) is 2.77. The van der Waals surface area contributed by atoms with Crippen molar-refractivity contribution < 1.29 is 22.4 Å². The molecule has 0 bridgehead atoms. The lowest BCUT2D eigenvalue weighted by molar-refractivity contribution is -0.141. The minimum Gasteiger partial charge on any atom is -0.443 e. The van der Waals surface area contributed by atoms with E-state index < -0.39 is 18.6 Å². The molecule has 2 heterocycles. The molecular formula is C18H17F3N4O2. The van der Waals surface area contributed by atoms with Crippen LogP contribution in [0.4, 0.5) is 13.2 Å². The largest absolute Gasteiger partial charge is 0.443 e. The van der Waals surface area contributed by atoms with Gasteiger partial charge in [0.15, 0.2) is 17.8 Å². The summed E-state index contributed by atoms with van der Waals surface area (Å²) in [5.74, 6) is -0.729. The van der Waals surface area contributed by atoms with Crippen molar-refractivity contribution in [2.75, 3.05) is 6.54 Å². The van der Waals surface area contributed by atoms with Gasteiger partial charge in [0.2, 0.25) is 0 Å². The monoisotopic (exact) mass is 378 g/mol. The third kappa shape index (κ3) is 4.36. The molecule has 3 aromatic rings. The molecule has 0 fully saturated rings. The predicted molar refractivity (Wildman–Crippen MR) is 90.7 cm³/mol. The number of carbonyl (C=O) groups is 1. The van der Waals surface area contributed by atoms with E-state index in [0.717, 1.165) is 6.39 Å². The number of aryl methyl sites for hydroxylation is 2. The van der Waals surface area contributed by atoms with E-state index in [-0.39, 0.29) is 18.0 Å². The lowest BCUT2D eigenvalue weighted by Crippen LogP contribution is -2.39. The quantitative estimate of drug-likeness (QED) is 0.681. The summed E-state index contributed by atoms with van der Waals surface area (Å²) in [7, 11) is 1.62. The number of aromatic nitrogens is 3. The lowest BCUT2D eigenvalue weighted by Gasteiger charge is -2.23. The second kappa shape index (κ2) is 7.26. The molecule has 0 radical (unpaired) electrons. The van der Waals surface area contributed by atoms with Crippen LogP contribution in [0.25, 0.3) is 11.3 Å². The van der Waals surface area contributed by atoms with E-state index in [0.29, 0.717) is 21.9 Å². The zero-order valence-corrected chi connectivity index (χ0v) is 14.7. The van der Waals surface area contributed by atoms with Crippen LogP contribution < -0.4 is 0 Å². The normalized spacial score (nSPS) is 11.6. The first-order valence-corrected chi connectivity index (χ1v) is 8.09. The van der Waals surface area contributed by atoms with Crippen LogP contribution in [-0.4, -0.2) is 38.3 Å². The van der Waals surface area contributed by atoms with E-state index in [1.807, 2.05) is 0 Å². The van der Waals surface area contributed by atoms with Gasteiger partial charge in [0.05, 0.1) is 17.9 Å². The summed E-state index contributed by atoms with van der Waals surface area (Å²) in [4.78, 5) is 17.4. The zero-order valence-electron chi connectivity index (χ0n) is 14.7. The molecule has 0 unspecified atom stereocenters. The molecule has 0 atom stereocenters. The smallest absolute Gasteiger partial charge is 0.406 e. The van der Waals surface area contributed by atoms with Crippen molar-refractivity contribution >= 4 is 5.91 Å². The Morgan fingerprint density at radius 2 is 1.96 bits per heavy atom. The Kier molecular flexibility index (Phi) is 5.02. The van der Waals surface area contributed by atoms with E-state index in [1.54, 1.807) is 50.4 Å². The highest BCUT2D eigenvalue weighted by Gasteiger charge is 2.35. The Bertz CT molecular complexity index is 932. The molecule has 0 aliphatic heterocycles. The van der Waals surface area contributed by atoms with Crippen molar-refractivity contribution in [3.63, 3.8) is 0 Å². The summed E-state index contributed by atoms with van der Waals surface area (Å²) in [5, 5.41) is 4.11. The van der Waals surface area contributed by atoms with E-state index >= 15 is 0 Å². The predicted octanol–water partition coefficient (Wildman–Crippen LogP) is 3.59. The van der Waals surface area contributed by atoms with E-state index in [9.17, 15) is 18.0 Å². The first-order chi connectivity index (χ1) is 12.7. The Balaban J connectivity index is 1.94. The Labute approximate surface area is 153 Å². The molecule has 6 nitrogen and oxygen atoms in total. The molecule has 9 heteroatoms. The number of halogens is 3. The van der Waals surface area contributed by atoms with Crippen molar-refractivity contribution in [2.45, 2.75) is 19.6 Å². The van der Waals surface area contributed by atoms with Gasteiger partial charge in [-0.15, -0.1) is 0 Å². The number of nitrogens with zero attached hydrogens (tertiary/aromatic N) is 4. The van der Waals surface area contributed by atoms with Crippen molar-refractivity contribution in [1.82, 2.24) is 19.7 Å². The molecule has 27 heavy (non-hydrogen) atoms. The van der Waals surface area contributed by atoms with Crippen molar-refractivity contribution in [3.05, 3.63) is 59.9 Å². The molecule has 0 aliphatic carbocycles. The molecule has 0 saturated heterocycles. The van der Waals surface area contributed by atoms with Gasteiger partial charge in [-0.2, -0.15) is 18.3 Å². The highest BCUT2D eigenvalue weighted by atomic mass is 19.4. The SMILES string of the molecule is Cc1cc(CN(CC(F)(F)F)C(=O)c2ncoc2-c2ccccc2)n(C)n1. The van der Waals surface area contributed by atoms with E-state index in [1.165, 1.54) is 4.68 Å². The van der Waals surface area contributed by atoms with Crippen LogP contribution >= 0.6 is 0 Å². The molecule has 1 aromatic carbocycles. The molecule has 1 amide bonds. The van der Waals surface area contributed by atoms with Gasteiger partial charge in [-0.3, -0.25) is 9.48 Å². The summed E-state index contributed by atoms with van der Waals surface area (Å²) >= 11 is 0. The van der Waals surface area contributed by atoms with Gasteiger partial charge in [0.1, 0.15) is 6.54 Å². The fourth-order valence-electron chi connectivity index (χ4n) is 2.77. The third-order valence-corrected chi connectivity index (χ3v) is 3.92. The van der Waals surface area contributed by atoms with Crippen LogP contribution in [0.15, 0.2) is 47.2 Å². The fraction of sp³-hybridized carbons (Fsp3) is 0.278. The molecule has 0 N–H and O–H groups in total. The average molecular weight is 378 g/mol. The van der Waals surface area contributed by atoms with Gasteiger partial charge in [0, 0.05) is 12.6 Å². The Hall–Kier alpha value is -3.10. The van der Waals surface area contributed by atoms with Crippen LogP contribution in [0.1, 0.15) is 21.9 Å². The minimum absolute atomic E-state index is 0.133. The summed E-state index contributed by atoms with van der Waals surface area (Å²) in [6.07, 6.45) is -3.50. The van der Waals surface area contributed by atoms with Gasteiger partial charge in [-0.1, -0.05) is 30.3 Å². The number of oxazole rings is 1. The maximum absolute atomic E-state index is 13.1. The molecule has 0 aliphatic rings. The molecular weight excluding hydrogens is 361 g/mol. The molecule has 2 aromatic heterocycles. The lowest BCUT2D eigenvalue weighted by atomic mass is 10.1. The summed E-state index contributed by atoms with van der Waals surface area (Å²) in [6, 6.07) is 10.3. The van der Waals surface area contributed by atoms with Crippen LogP contribution in [0.3, 0.4) is 0 Å².